The second-order valence-corrected chi connectivity index (χ2v) is 8.02. The Kier molecular flexibility index (Phi) is 7.58. The molecule has 1 saturated heterocycles. The van der Waals surface area contributed by atoms with Crippen molar-refractivity contribution in [1.82, 2.24) is 4.90 Å². The largest absolute Gasteiger partial charge is 0.495 e. The number of rotatable bonds is 7. The number of para-hydroxylation sites is 1. The van der Waals surface area contributed by atoms with Gasteiger partial charge < -0.3 is 19.7 Å². The molecule has 6 nitrogen and oxygen atoms in total. The third-order valence-corrected chi connectivity index (χ3v) is 5.95. The highest BCUT2D eigenvalue weighted by Crippen LogP contribution is 2.31. The molecule has 1 aliphatic heterocycles. The number of benzene rings is 2. The number of carbonyl (C=O) groups is 1. The molecule has 1 aliphatic rings. The Bertz CT molecular complexity index is 884. The summed E-state index contributed by atoms with van der Waals surface area (Å²) in [5, 5.41) is 3.59. The van der Waals surface area contributed by atoms with Crippen LogP contribution in [0.4, 0.5) is 11.4 Å². The molecule has 0 unspecified atom stereocenters. The van der Waals surface area contributed by atoms with Gasteiger partial charge in [0.25, 0.3) is 0 Å². The molecular weight excluding hydrogens is 402 g/mol. The molecule has 7 heteroatoms. The van der Waals surface area contributed by atoms with Gasteiger partial charge in [0.1, 0.15) is 5.75 Å². The molecule has 0 aliphatic carbocycles. The molecule has 162 valence electrons. The van der Waals surface area contributed by atoms with Crippen LogP contribution in [0.1, 0.15) is 18.1 Å². The fraction of sp³-hybridized carbons (Fsp3) is 0.435. The number of hydrogen-bond donors (Lipinski definition) is 1. The van der Waals surface area contributed by atoms with E-state index in [1.165, 1.54) is 11.3 Å². The number of carbonyl (C=O) groups excluding carboxylic acids is 1. The predicted octanol–water partition coefficient (Wildman–Crippen LogP) is 3.95. The van der Waals surface area contributed by atoms with Crippen LogP contribution in [0.25, 0.3) is 0 Å². The lowest BCUT2D eigenvalue weighted by atomic mass is 10.1. The first kappa shape index (κ1) is 22.4. The van der Waals surface area contributed by atoms with E-state index < -0.39 is 0 Å². The Morgan fingerprint density at radius 1 is 1.30 bits per heavy atom. The minimum Gasteiger partial charge on any atom is -0.495 e. The topological polar surface area (TPSA) is 54.0 Å². The molecule has 0 saturated carbocycles. The molecule has 1 heterocycles. The van der Waals surface area contributed by atoms with E-state index in [-0.39, 0.29) is 11.9 Å². The van der Waals surface area contributed by atoms with E-state index in [0.717, 1.165) is 31.9 Å². The summed E-state index contributed by atoms with van der Waals surface area (Å²) in [5.41, 5.74) is 3.91. The molecule has 1 amide bonds. The summed E-state index contributed by atoms with van der Waals surface area (Å²) in [6.07, 6.45) is 0. The van der Waals surface area contributed by atoms with Gasteiger partial charge in [-0.3, -0.25) is 9.69 Å². The number of amides is 1. The second kappa shape index (κ2) is 10.2. The van der Waals surface area contributed by atoms with Crippen LogP contribution < -0.4 is 15.0 Å². The van der Waals surface area contributed by atoms with E-state index in [4.69, 9.17) is 21.1 Å². The SMILES string of the molecule is COc1cc(Cl)c(C)cc1NC(=O)[C@H](C)N(C)Cc1ccccc1N1CCOCC1. The first-order valence-electron chi connectivity index (χ1n) is 10.2. The van der Waals surface area contributed by atoms with Crippen molar-refractivity contribution < 1.29 is 14.3 Å². The predicted molar refractivity (Wildman–Crippen MR) is 122 cm³/mol. The van der Waals surface area contributed by atoms with Crippen molar-refractivity contribution in [2.75, 3.05) is 50.7 Å². The lowest BCUT2D eigenvalue weighted by Gasteiger charge is -2.32. The highest BCUT2D eigenvalue weighted by Gasteiger charge is 2.22. The number of anilines is 2. The number of halogens is 1. The van der Waals surface area contributed by atoms with Crippen molar-refractivity contribution in [3.63, 3.8) is 0 Å². The van der Waals surface area contributed by atoms with Crippen molar-refractivity contribution in [3.8, 4) is 5.75 Å². The van der Waals surface area contributed by atoms with Gasteiger partial charge in [-0.15, -0.1) is 0 Å². The van der Waals surface area contributed by atoms with Gasteiger partial charge >= 0.3 is 0 Å². The number of nitrogens with one attached hydrogen (secondary N) is 1. The van der Waals surface area contributed by atoms with Crippen LogP contribution in [0.5, 0.6) is 5.75 Å². The molecule has 0 radical (unpaired) electrons. The number of likely N-dealkylation sites (N-methyl/N-ethyl adjacent to an activating group) is 1. The highest BCUT2D eigenvalue weighted by atomic mass is 35.5. The van der Waals surface area contributed by atoms with E-state index in [0.29, 0.717) is 23.0 Å². The number of morpholine rings is 1. The summed E-state index contributed by atoms with van der Waals surface area (Å²) in [7, 11) is 3.53. The van der Waals surface area contributed by atoms with E-state index in [1.807, 2.05) is 37.9 Å². The molecule has 1 N–H and O–H groups in total. The quantitative estimate of drug-likeness (QED) is 0.719. The number of ether oxygens (including phenoxy) is 2. The van der Waals surface area contributed by atoms with Crippen molar-refractivity contribution >= 4 is 28.9 Å². The maximum Gasteiger partial charge on any atom is 0.241 e. The van der Waals surface area contributed by atoms with Gasteiger partial charge in [0, 0.05) is 36.4 Å². The van der Waals surface area contributed by atoms with Crippen molar-refractivity contribution in [2.45, 2.75) is 26.4 Å². The Balaban J connectivity index is 1.70. The average Bonchev–Trinajstić information content (AvgIpc) is 2.76. The van der Waals surface area contributed by atoms with Crippen LogP contribution in [-0.2, 0) is 16.1 Å². The minimum absolute atomic E-state index is 0.0959. The standard InChI is InChI=1S/C23H30ClN3O3/c1-16-13-20(22(29-4)14-19(16)24)25-23(28)17(2)26(3)15-18-7-5-6-8-21(18)27-9-11-30-12-10-27/h5-8,13-14,17H,9-12,15H2,1-4H3,(H,25,28)/t17-/m0/s1. The van der Waals surface area contributed by atoms with Gasteiger partial charge in [0.2, 0.25) is 5.91 Å². The Morgan fingerprint density at radius 2 is 2.00 bits per heavy atom. The third kappa shape index (κ3) is 5.25. The maximum atomic E-state index is 12.9. The number of methoxy groups -OCH3 is 1. The Hall–Kier alpha value is -2.28. The molecular formula is C23H30ClN3O3. The van der Waals surface area contributed by atoms with Crippen LogP contribution in [0.2, 0.25) is 5.02 Å². The number of nitrogens with zero attached hydrogens (tertiary/aromatic N) is 2. The van der Waals surface area contributed by atoms with Gasteiger partial charge in [0.05, 0.1) is 32.1 Å². The smallest absolute Gasteiger partial charge is 0.241 e. The summed E-state index contributed by atoms with van der Waals surface area (Å²) in [6, 6.07) is 11.6. The lowest BCUT2D eigenvalue weighted by Crippen LogP contribution is -2.40. The van der Waals surface area contributed by atoms with Crippen molar-refractivity contribution in [3.05, 3.63) is 52.5 Å². The molecule has 0 bridgehead atoms. The molecule has 1 fully saturated rings. The second-order valence-electron chi connectivity index (χ2n) is 7.61. The number of aryl methyl sites for hydroxylation is 1. The summed E-state index contributed by atoms with van der Waals surface area (Å²) in [4.78, 5) is 17.3. The van der Waals surface area contributed by atoms with Gasteiger partial charge in [-0.25, -0.2) is 0 Å². The van der Waals surface area contributed by atoms with Crippen LogP contribution in [0.15, 0.2) is 36.4 Å². The monoisotopic (exact) mass is 431 g/mol. The summed E-state index contributed by atoms with van der Waals surface area (Å²) >= 11 is 6.17. The summed E-state index contributed by atoms with van der Waals surface area (Å²) < 4.78 is 10.9. The first-order chi connectivity index (χ1) is 14.4. The zero-order chi connectivity index (χ0) is 21.7. The summed E-state index contributed by atoms with van der Waals surface area (Å²) in [6.45, 7) is 7.71. The van der Waals surface area contributed by atoms with E-state index >= 15 is 0 Å². The van der Waals surface area contributed by atoms with Crippen LogP contribution in [0.3, 0.4) is 0 Å². The van der Waals surface area contributed by atoms with Crippen molar-refractivity contribution in [2.24, 2.45) is 0 Å². The van der Waals surface area contributed by atoms with Gasteiger partial charge in [-0.1, -0.05) is 29.8 Å². The molecule has 0 spiro atoms. The minimum atomic E-state index is -0.330. The third-order valence-electron chi connectivity index (χ3n) is 5.54. The molecule has 2 aromatic rings. The lowest BCUT2D eigenvalue weighted by molar-refractivity contribution is -0.120. The molecule has 2 aromatic carbocycles. The van der Waals surface area contributed by atoms with E-state index in [9.17, 15) is 4.79 Å². The van der Waals surface area contributed by atoms with Crippen LogP contribution >= 0.6 is 11.6 Å². The van der Waals surface area contributed by atoms with E-state index in [2.05, 4.69) is 28.4 Å². The van der Waals surface area contributed by atoms with Gasteiger partial charge in [-0.05, 0) is 44.2 Å². The highest BCUT2D eigenvalue weighted by molar-refractivity contribution is 6.31. The zero-order valence-corrected chi connectivity index (χ0v) is 18.8. The number of hydrogen-bond acceptors (Lipinski definition) is 5. The molecule has 3 rings (SSSR count). The van der Waals surface area contributed by atoms with Gasteiger partial charge in [-0.2, -0.15) is 0 Å². The van der Waals surface area contributed by atoms with E-state index in [1.54, 1.807) is 13.2 Å². The maximum absolute atomic E-state index is 12.9. The Labute approximate surface area is 183 Å². The fourth-order valence-electron chi connectivity index (χ4n) is 3.53. The summed E-state index contributed by atoms with van der Waals surface area (Å²) in [5.74, 6) is 0.452. The molecule has 1 atom stereocenters. The first-order valence-corrected chi connectivity index (χ1v) is 10.5. The Morgan fingerprint density at radius 3 is 2.70 bits per heavy atom. The van der Waals surface area contributed by atoms with Crippen molar-refractivity contribution in [1.29, 1.82) is 0 Å². The average molecular weight is 432 g/mol. The van der Waals surface area contributed by atoms with Crippen LogP contribution in [0, 0.1) is 6.92 Å². The molecule has 0 aromatic heterocycles. The molecule has 30 heavy (non-hydrogen) atoms. The van der Waals surface area contributed by atoms with Crippen LogP contribution in [-0.4, -0.2) is 57.3 Å². The normalized spacial score (nSPS) is 15.2. The zero-order valence-electron chi connectivity index (χ0n) is 18.1. The van der Waals surface area contributed by atoms with Gasteiger partial charge in [0.15, 0.2) is 0 Å². The fourth-order valence-corrected chi connectivity index (χ4v) is 3.68.